The zero-order valence-electron chi connectivity index (χ0n) is 12.7. The molecule has 0 aliphatic rings. The number of amides is 1. The Morgan fingerprint density at radius 2 is 1.71 bits per heavy atom. The summed E-state index contributed by atoms with van der Waals surface area (Å²) < 4.78 is 0. The first-order valence-corrected chi connectivity index (χ1v) is 7.89. The lowest BCUT2D eigenvalue weighted by atomic mass is 10.1. The zero-order chi connectivity index (χ0) is 17.1. The van der Waals surface area contributed by atoms with Gasteiger partial charge in [0.1, 0.15) is 5.01 Å². The van der Waals surface area contributed by atoms with Crippen molar-refractivity contribution in [3.05, 3.63) is 59.2 Å². The fraction of sp³-hybridized carbons (Fsp3) is 0.0588. The van der Waals surface area contributed by atoms with Crippen LogP contribution in [0.2, 0.25) is 0 Å². The third-order valence-corrected chi connectivity index (χ3v) is 4.60. The SMILES string of the molecule is CC(=O)c1sc(-c2ccncc2)nc1-c1ccc(C(=O)NO)cc1. The summed E-state index contributed by atoms with van der Waals surface area (Å²) in [5.41, 5.74) is 4.09. The van der Waals surface area contributed by atoms with Crippen LogP contribution in [0.4, 0.5) is 0 Å². The van der Waals surface area contributed by atoms with Crippen molar-refractivity contribution in [2.75, 3.05) is 0 Å². The number of hydrogen-bond acceptors (Lipinski definition) is 6. The number of thiazole rings is 1. The average Bonchev–Trinajstić information content (AvgIpc) is 3.07. The zero-order valence-corrected chi connectivity index (χ0v) is 13.5. The smallest absolute Gasteiger partial charge is 0.274 e. The minimum absolute atomic E-state index is 0.0695. The highest BCUT2D eigenvalue weighted by molar-refractivity contribution is 7.17. The van der Waals surface area contributed by atoms with Crippen LogP contribution in [0, 0.1) is 0 Å². The summed E-state index contributed by atoms with van der Waals surface area (Å²) in [5.74, 6) is -0.663. The van der Waals surface area contributed by atoms with E-state index < -0.39 is 5.91 Å². The number of carbonyl (C=O) groups is 2. The van der Waals surface area contributed by atoms with Crippen LogP contribution in [0.25, 0.3) is 21.8 Å². The number of benzene rings is 1. The van der Waals surface area contributed by atoms with Crippen LogP contribution in [-0.4, -0.2) is 26.9 Å². The van der Waals surface area contributed by atoms with E-state index in [0.717, 1.165) is 16.1 Å². The highest BCUT2D eigenvalue weighted by Gasteiger charge is 2.18. The van der Waals surface area contributed by atoms with Gasteiger partial charge in [0, 0.05) is 36.0 Å². The molecule has 0 aliphatic carbocycles. The van der Waals surface area contributed by atoms with Crippen LogP contribution < -0.4 is 5.48 Å². The van der Waals surface area contributed by atoms with Crippen molar-refractivity contribution in [2.45, 2.75) is 6.92 Å². The highest BCUT2D eigenvalue weighted by atomic mass is 32.1. The van der Waals surface area contributed by atoms with E-state index in [2.05, 4.69) is 9.97 Å². The maximum atomic E-state index is 12.0. The summed E-state index contributed by atoms with van der Waals surface area (Å²) in [6.07, 6.45) is 3.35. The van der Waals surface area contributed by atoms with E-state index in [1.54, 1.807) is 42.1 Å². The molecule has 6 nitrogen and oxygen atoms in total. The molecule has 0 saturated heterocycles. The topological polar surface area (TPSA) is 92.2 Å². The number of hydrogen-bond donors (Lipinski definition) is 2. The van der Waals surface area contributed by atoms with Crippen molar-refractivity contribution in [3.63, 3.8) is 0 Å². The van der Waals surface area contributed by atoms with Gasteiger partial charge in [0.05, 0.1) is 10.6 Å². The van der Waals surface area contributed by atoms with Crippen molar-refractivity contribution in [2.24, 2.45) is 0 Å². The van der Waals surface area contributed by atoms with E-state index >= 15 is 0 Å². The predicted octanol–water partition coefficient (Wildman–Crippen LogP) is 3.19. The van der Waals surface area contributed by atoms with Gasteiger partial charge >= 0.3 is 0 Å². The third kappa shape index (κ3) is 3.08. The maximum Gasteiger partial charge on any atom is 0.274 e. The van der Waals surface area contributed by atoms with Crippen molar-refractivity contribution < 1.29 is 14.8 Å². The molecule has 24 heavy (non-hydrogen) atoms. The number of nitrogens with zero attached hydrogens (tertiary/aromatic N) is 2. The van der Waals surface area contributed by atoms with E-state index in [4.69, 9.17) is 5.21 Å². The molecule has 0 atom stereocenters. The van der Waals surface area contributed by atoms with Gasteiger partial charge in [-0.05, 0) is 24.3 Å². The summed E-state index contributed by atoms with van der Waals surface area (Å²) in [6, 6.07) is 10.2. The van der Waals surface area contributed by atoms with Gasteiger partial charge in [-0.3, -0.25) is 19.8 Å². The first-order chi connectivity index (χ1) is 11.6. The number of aromatic nitrogens is 2. The largest absolute Gasteiger partial charge is 0.294 e. The molecular formula is C17H13N3O3S. The first-order valence-electron chi connectivity index (χ1n) is 7.07. The van der Waals surface area contributed by atoms with Crippen LogP contribution in [0.15, 0.2) is 48.8 Å². The molecule has 120 valence electrons. The Hall–Kier alpha value is -2.90. The molecule has 0 spiro atoms. The molecule has 0 fully saturated rings. The third-order valence-electron chi connectivity index (χ3n) is 3.40. The van der Waals surface area contributed by atoms with Gasteiger partial charge < -0.3 is 0 Å². The summed E-state index contributed by atoms with van der Waals surface area (Å²) in [7, 11) is 0. The number of pyridine rings is 1. The van der Waals surface area contributed by atoms with E-state index in [1.807, 2.05) is 12.1 Å². The van der Waals surface area contributed by atoms with E-state index in [1.165, 1.54) is 18.3 Å². The maximum absolute atomic E-state index is 12.0. The van der Waals surface area contributed by atoms with Crippen LogP contribution in [-0.2, 0) is 0 Å². The fourth-order valence-electron chi connectivity index (χ4n) is 2.22. The van der Waals surface area contributed by atoms with Gasteiger partial charge in [0.15, 0.2) is 5.78 Å². The molecule has 2 N–H and O–H groups in total. The van der Waals surface area contributed by atoms with Gasteiger partial charge in [-0.25, -0.2) is 10.5 Å². The fourth-order valence-corrected chi connectivity index (χ4v) is 3.20. The lowest BCUT2D eigenvalue weighted by Gasteiger charge is -2.02. The molecule has 0 aliphatic heterocycles. The second-order valence-electron chi connectivity index (χ2n) is 5.01. The Morgan fingerprint density at radius 3 is 2.29 bits per heavy atom. The molecular weight excluding hydrogens is 326 g/mol. The number of carbonyl (C=O) groups excluding carboxylic acids is 2. The molecule has 0 unspecified atom stereocenters. The Balaban J connectivity index is 2.05. The van der Waals surface area contributed by atoms with Gasteiger partial charge in [-0.1, -0.05) is 12.1 Å². The Labute approximate surface area is 141 Å². The van der Waals surface area contributed by atoms with Crippen molar-refractivity contribution in [1.29, 1.82) is 0 Å². The van der Waals surface area contributed by atoms with Crippen LogP contribution >= 0.6 is 11.3 Å². The average molecular weight is 339 g/mol. The quantitative estimate of drug-likeness (QED) is 0.433. The molecule has 0 saturated carbocycles. The van der Waals surface area contributed by atoms with E-state index in [9.17, 15) is 9.59 Å². The van der Waals surface area contributed by atoms with Crippen molar-refractivity contribution in [1.82, 2.24) is 15.4 Å². The molecule has 0 bridgehead atoms. The summed E-state index contributed by atoms with van der Waals surface area (Å²) in [6.45, 7) is 1.50. The predicted molar refractivity (Wildman–Crippen MR) is 90.0 cm³/mol. The van der Waals surface area contributed by atoms with Gasteiger partial charge in [0.25, 0.3) is 5.91 Å². The molecule has 1 amide bonds. The van der Waals surface area contributed by atoms with Crippen LogP contribution in [0.3, 0.4) is 0 Å². The Kier molecular flexibility index (Phi) is 4.45. The highest BCUT2D eigenvalue weighted by Crippen LogP contribution is 2.34. The molecule has 3 aromatic rings. The second kappa shape index (κ2) is 6.69. The monoisotopic (exact) mass is 339 g/mol. The van der Waals surface area contributed by atoms with Gasteiger partial charge in [0.2, 0.25) is 0 Å². The number of hydroxylamine groups is 1. The van der Waals surface area contributed by atoms with Crippen LogP contribution in [0.5, 0.6) is 0 Å². The number of rotatable bonds is 4. The van der Waals surface area contributed by atoms with Crippen molar-refractivity contribution in [3.8, 4) is 21.8 Å². The summed E-state index contributed by atoms with van der Waals surface area (Å²) in [5, 5.41) is 9.39. The van der Waals surface area contributed by atoms with E-state index in [-0.39, 0.29) is 5.78 Å². The molecule has 3 rings (SSSR count). The summed E-state index contributed by atoms with van der Waals surface area (Å²) in [4.78, 5) is 32.5. The lowest BCUT2D eigenvalue weighted by molar-refractivity contribution is 0.0706. The standard InChI is InChI=1S/C17H13N3O3S/c1-10(21)15-14(11-2-4-12(5-3-11)16(22)20-23)19-17(24-15)13-6-8-18-9-7-13/h2-9,23H,1H3,(H,20,22). The first kappa shape index (κ1) is 16.0. The molecule has 2 heterocycles. The normalized spacial score (nSPS) is 10.4. The van der Waals surface area contributed by atoms with Crippen molar-refractivity contribution >= 4 is 23.0 Å². The van der Waals surface area contributed by atoms with Gasteiger partial charge in [-0.15, -0.1) is 11.3 Å². The van der Waals surface area contributed by atoms with E-state index in [0.29, 0.717) is 16.1 Å². The minimum atomic E-state index is -0.593. The minimum Gasteiger partial charge on any atom is -0.294 e. The second-order valence-corrected chi connectivity index (χ2v) is 6.01. The Bertz CT molecular complexity index is 889. The molecule has 0 radical (unpaired) electrons. The van der Waals surface area contributed by atoms with Gasteiger partial charge in [-0.2, -0.15) is 0 Å². The number of ketones is 1. The number of nitrogens with one attached hydrogen (secondary N) is 1. The molecule has 2 aromatic heterocycles. The lowest BCUT2D eigenvalue weighted by Crippen LogP contribution is -2.18. The number of Topliss-reactive ketones (excluding diaryl/α,β-unsaturated/α-hetero) is 1. The molecule has 7 heteroatoms. The Morgan fingerprint density at radius 1 is 1.04 bits per heavy atom. The van der Waals surface area contributed by atoms with Crippen LogP contribution in [0.1, 0.15) is 27.0 Å². The molecule has 1 aromatic carbocycles. The summed E-state index contributed by atoms with van der Waals surface area (Å²) >= 11 is 1.32.